The Hall–Kier alpha value is -2.86. The fourth-order valence-corrected chi connectivity index (χ4v) is 3.60. The number of nitrogens with one attached hydrogen (secondary N) is 2. The predicted octanol–water partition coefficient (Wildman–Crippen LogP) is 4.45. The molecule has 2 amide bonds. The summed E-state index contributed by atoms with van der Waals surface area (Å²) in [5.74, 6) is 0.280. The van der Waals surface area contributed by atoms with Crippen molar-refractivity contribution in [3.63, 3.8) is 0 Å². The zero-order valence-corrected chi connectivity index (χ0v) is 18.9. The van der Waals surface area contributed by atoms with Gasteiger partial charge in [-0.15, -0.1) is 0 Å². The number of hydrogen-bond acceptors (Lipinski definition) is 4. The molecule has 1 heterocycles. The van der Waals surface area contributed by atoms with Crippen LogP contribution in [0.4, 0.5) is 5.69 Å². The summed E-state index contributed by atoms with van der Waals surface area (Å²) in [4.78, 5) is 27.5. The fourth-order valence-electron chi connectivity index (χ4n) is 3.60. The van der Waals surface area contributed by atoms with Gasteiger partial charge in [0.25, 0.3) is 11.8 Å². The van der Waals surface area contributed by atoms with Gasteiger partial charge < -0.3 is 20.3 Å². The summed E-state index contributed by atoms with van der Waals surface area (Å²) >= 11 is 0. The SMILES string of the molecule is CCOCCCN1C(=O)c2ccccc2C1Nc1cccc(C(=O)NC(C)C(C)C)c1. The largest absolute Gasteiger partial charge is 0.382 e. The quantitative estimate of drug-likeness (QED) is 0.554. The van der Waals surface area contributed by atoms with E-state index in [4.69, 9.17) is 4.74 Å². The standard InChI is InChI=1S/C25H33N3O3/c1-5-31-15-9-14-28-23(21-12-6-7-13-22(21)25(28)30)27-20-11-8-10-19(16-20)24(29)26-18(4)17(2)3/h6-8,10-13,16-18,23,27H,5,9,14-15H2,1-4H3,(H,26,29). The first kappa shape index (κ1) is 22.8. The second-order valence-electron chi connectivity index (χ2n) is 8.27. The van der Waals surface area contributed by atoms with Gasteiger partial charge in [-0.1, -0.05) is 38.1 Å². The summed E-state index contributed by atoms with van der Waals surface area (Å²) in [5.41, 5.74) is 3.07. The summed E-state index contributed by atoms with van der Waals surface area (Å²) in [5, 5.41) is 6.52. The number of benzene rings is 2. The van der Waals surface area contributed by atoms with Gasteiger partial charge in [-0.25, -0.2) is 0 Å². The minimum absolute atomic E-state index is 0.0178. The molecule has 31 heavy (non-hydrogen) atoms. The van der Waals surface area contributed by atoms with Crippen molar-refractivity contribution in [2.75, 3.05) is 25.1 Å². The summed E-state index contributed by atoms with van der Waals surface area (Å²) in [6, 6.07) is 15.2. The van der Waals surface area contributed by atoms with Crippen molar-refractivity contribution < 1.29 is 14.3 Å². The molecule has 6 heteroatoms. The molecule has 0 fully saturated rings. The maximum atomic E-state index is 13.0. The van der Waals surface area contributed by atoms with Crippen LogP contribution in [-0.2, 0) is 4.74 Å². The molecule has 0 bridgehead atoms. The average Bonchev–Trinajstić information content (AvgIpc) is 3.02. The van der Waals surface area contributed by atoms with Crippen molar-refractivity contribution in [3.05, 3.63) is 65.2 Å². The molecular formula is C25H33N3O3. The Morgan fingerprint density at radius 1 is 1.13 bits per heavy atom. The van der Waals surface area contributed by atoms with E-state index >= 15 is 0 Å². The number of nitrogens with zero attached hydrogens (tertiary/aromatic N) is 1. The first-order valence-corrected chi connectivity index (χ1v) is 11.1. The first-order chi connectivity index (χ1) is 14.9. The Kier molecular flexibility index (Phi) is 7.69. The lowest BCUT2D eigenvalue weighted by atomic mass is 10.1. The molecule has 0 aromatic heterocycles. The van der Waals surface area contributed by atoms with Crippen molar-refractivity contribution in [2.24, 2.45) is 5.92 Å². The molecule has 2 N–H and O–H groups in total. The molecule has 166 valence electrons. The summed E-state index contributed by atoms with van der Waals surface area (Å²) < 4.78 is 5.45. The van der Waals surface area contributed by atoms with Crippen molar-refractivity contribution in [1.82, 2.24) is 10.2 Å². The lowest BCUT2D eigenvalue weighted by Gasteiger charge is -2.27. The van der Waals surface area contributed by atoms with Gasteiger partial charge >= 0.3 is 0 Å². The molecule has 1 aliphatic heterocycles. The third-order valence-corrected chi connectivity index (χ3v) is 5.74. The molecule has 2 aromatic carbocycles. The van der Waals surface area contributed by atoms with Crippen LogP contribution in [0.1, 0.15) is 66.6 Å². The molecule has 3 rings (SSSR count). The Labute approximate surface area is 185 Å². The van der Waals surface area contributed by atoms with Crippen LogP contribution in [0, 0.1) is 5.92 Å². The summed E-state index contributed by atoms with van der Waals surface area (Å²) in [7, 11) is 0. The van der Waals surface area contributed by atoms with Gasteiger partial charge in [0, 0.05) is 48.2 Å². The van der Waals surface area contributed by atoms with E-state index < -0.39 is 0 Å². The normalized spacial score (nSPS) is 16.4. The highest BCUT2D eigenvalue weighted by Gasteiger charge is 2.36. The van der Waals surface area contributed by atoms with E-state index in [0.29, 0.717) is 31.2 Å². The maximum absolute atomic E-state index is 13.0. The van der Waals surface area contributed by atoms with Crippen LogP contribution < -0.4 is 10.6 Å². The summed E-state index contributed by atoms with van der Waals surface area (Å²) in [6.07, 6.45) is 0.486. The van der Waals surface area contributed by atoms with Gasteiger partial charge in [-0.3, -0.25) is 9.59 Å². The highest BCUT2D eigenvalue weighted by Crippen LogP contribution is 2.34. The Morgan fingerprint density at radius 3 is 2.65 bits per heavy atom. The summed E-state index contributed by atoms with van der Waals surface area (Å²) in [6.45, 7) is 10.0. The molecule has 0 spiro atoms. The van der Waals surface area contributed by atoms with Crippen LogP contribution in [0.15, 0.2) is 48.5 Å². The van der Waals surface area contributed by atoms with Crippen LogP contribution in [-0.4, -0.2) is 42.5 Å². The van der Waals surface area contributed by atoms with Crippen LogP contribution in [0.25, 0.3) is 0 Å². The molecule has 0 aliphatic carbocycles. The monoisotopic (exact) mass is 423 g/mol. The fraction of sp³-hybridized carbons (Fsp3) is 0.440. The van der Waals surface area contributed by atoms with Gasteiger partial charge in [-0.2, -0.15) is 0 Å². The van der Waals surface area contributed by atoms with Gasteiger partial charge in [0.2, 0.25) is 0 Å². The lowest BCUT2D eigenvalue weighted by Crippen LogP contribution is -2.36. The number of amides is 2. The molecule has 2 aromatic rings. The smallest absolute Gasteiger partial charge is 0.256 e. The van der Waals surface area contributed by atoms with Crippen LogP contribution in [0.3, 0.4) is 0 Å². The van der Waals surface area contributed by atoms with Gasteiger partial charge in [-0.05, 0) is 50.5 Å². The van der Waals surface area contributed by atoms with Gasteiger partial charge in [0.05, 0.1) is 0 Å². The van der Waals surface area contributed by atoms with Crippen LogP contribution >= 0.6 is 0 Å². The van der Waals surface area contributed by atoms with E-state index in [1.165, 1.54) is 0 Å². The van der Waals surface area contributed by atoms with Crippen LogP contribution in [0.2, 0.25) is 0 Å². The maximum Gasteiger partial charge on any atom is 0.256 e. The molecule has 6 nitrogen and oxygen atoms in total. The van der Waals surface area contributed by atoms with E-state index in [1.54, 1.807) is 6.07 Å². The first-order valence-electron chi connectivity index (χ1n) is 11.1. The van der Waals surface area contributed by atoms with E-state index in [1.807, 2.05) is 61.2 Å². The van der Waals surface area contributed by atoms with Gasteiger partial charge in [0.15, 0.2) is 0 Å². The van der Waals surface area contributed by atoms with Crippen molar-refractivity contribution in [1.29, 1.82) is 0 Å². The molecule has 0 saturated carbocycles. The number of hydrogen-bond donors (Lipinski definition) is 2. The predicted molar refractivity (Wildman–Crippen MR) is 123 cm³/mol. The molecule has 0 radical (unpaired) electrons. The average molecular weight is 424 g/mol. The molecular weight excluding hydrogens is 390 g/mol. The number of carbonyl (C=O) groups excluding carboxylic acids is 2. The number of fused-ring (bicyclic) bond motifs is 1. The van der Waals surface area contributed by atoms with Gasteiger partial charge in [0.1, 0.15) is 6.17 Å². The molecule has 1 aliphatic rings. The minimum Gasteiger partial charge on any atom is -0.382 e. The molecule has 2 atom stereocenters. The number of carbonyl (C=O) groups is 2. The van der Waals surface area contributed by atoms with Crippen molar-refractivity contribution in [2.45, 2.75) is 46.3 Å². The topological polar surface area (TPSA) is 70.7 Å². The van der Waals surface area contributed by atoms with E-state index in [2.05, 4.69) is 24.5 Å². The van der Waals surface area contributed by atoms with E-state index in [0.717, 1.165) is 23.2 Å². The Balaban J connectivity index is 1.78. The zero-order valence-electron chi connectivity index (χ0n) is 18.9. The zero-order chi connectivity index (χ0) is 22.4. The Bertz CT molecular complexity index is 912. The second kappa shape index (κ2) is 10.4. The van der Waals surface area contributed by atoms with Crippen molar-refractivity contribution >= 4 is 17.5 Å². The highest BCUT2D eigenvalue weighted by atomic mass is 16.5. The van der Waals surface area contributed by atoms with Crippen LogP contribution in [0.5, 0.6) is 0 Å². The van der Waals surface area contributed by atoms with E-state index in [9.17, 15) is 9.59 Å². The van der Waals surface area contributed by atoms with Crippen molar-refractivity contribution in [3.8, 4) is 0 Å². The highest BCUT2D eigenvalue weighted by molar-refractivity contribution is 5.99. The third-order valence-electron chi connectivity index (χ3n) is 5.74. The van der Waals surface area contributed by atoms with E-state index in [-0.39, 0.29) is 24.0 Å². The third kappa shape index (κ3) is 5.44. The number of ether oxygens (including phenoxy) is 1. The second-order valence-corrected chi connectivity index (χ2v) is 8.27. The molecule has 2 unspecified atom stereocenters. The lowest BCUT2D eigenvalue weighted by molar-refractivity contribution is 0.0708. The molecule has 0 saturated heterocycles. The number of anilines is 1. The Morgan fingerprint density at radius 2 is 1.90 bits per heavy atom. The minimum atomic E-state index is -0.279. The number of rotatable bonds is 10.